The predicted molar refractivity (Wildman–Crippen MR) is 45.7 cm³/mol. The highest BCUT2D eigenvalue weighted by molar-refractivity contribution is 5.22. The third-order valence-electron chi connectivity index (χ3n) is 1.47. The average molecular weight is 205 g/mol. The van der Waals surface area contributed by atoms with E-state index in [2.05, 4.69) is 15.3 Å². The first kappa shape index (κ1) is 10.7. The molecule has 78 valence electrons. The van der Waals surface area contributed by atoms with Crippen LogP contribution in [0.4, 0.5) is 19.1 Å². The van der Waals surface area contributed by atoms with E-state index in [1.165, 1.54) is 0 Å². The van der Waals surface area contributed by atoms with Crippen molar-refractivity contribution in [2.75, 3.05) is 11.9 Å². The van der Waals surface area contributed by atoms with Crippen LogP contribution in [0.2, 0.25) is 0 Å². The van der Waals surface area contributed by atoms with Gasteiger partial charge < -0.3 is 5.32 Å². The highest BCUT2D eigenvalue weighted by Crippen LogP contribution is 2.15. The Hall–Kier alpha value is -1.33. The molecule has 14 heavy (non-hydrogen) atoms. The normalized spacial score (nSPS) is 11.4. The molecule has 0 spiro atoms. The van der Waals surface area contributed by atoms with Gasteiger partial charge in [0.1, 0.15) is 0 Å². The monoisotopic (exact) mass is 205 g/mol. The molecule has 1 rings (SSSR count). The summed E-state index contributed by atoms with van der Waals surface area (Å²) in [4.78, 5) is 7.11. The number of anilines is 1. The van der Waals surface area contributed by atoms with E-state index in [4.69, 9.17) is 0 Å². The largest absolute Gasteiger partial charge is 0.354 e. The number of alkyl halides is 2. The van der Waals surface area contributed by atoms with E-state index in [0.29, 0.717) is 0 Å². The molecule has 3 nitrogen and oxygen atoms in total. The molecule has 0 amide bonds. The Bertz CT molecular complexity index is 281. The van der Waals surface area contributed by atoms with E-state index in [1.54, 1.807) is 0 Å². The summed E-state index contributed by atoms with van der Waals surface area (Å²) in [6, 6.07) is 0. The van der Waals surface area contributed by atoms with Crippen LogP contribution in [0.1, 0.15) is 13.3 Å². The zero-order valence-electron chi connectivity index (χ0n) is 7.60. The van der Waals surface area contributed by atoms with E-state index in [1.807, 2.05) is 0 Å². The molecule has 1 N–H and O–H groups in total. The van der Waals surface area contributed by atoms with Crippen LogP contribution in [0.5, 0.6) is 0 Å². The van der Waals surface area contributed by atoms with Gasteiger partial charge in [0.05, 0.1) is 12.4 Å². The van der Waals surface area contributed by atoms with Gasteiger partial charge in [0.2, 0.25) is 11.9 Å². The minimum atomic E-state index is -2.72. The Morgan fingerprint density at radius 1 is 1.36 bits per heavy atom. The maximum absolute atomic E-state index is 12.3. The molecule has 0 aromatic carbocycles. The third kappa shape index (κ3) is 4.06. The van der Waals surface area contributed by atoms with E-state index in [-0.39, 0.29) is 18.9 Å². The Morgan fingerprint density at radius 2 is 1.93 bits per heavy atom. The molecule has 0 atom stereocenters. The first-order valence-corrected chi connectivity index (χ1v) is 4.07. The number of aromatic nitrogens is 2. The molecular weight excluding hydrogens is 195 g/mol. The summed E-state index contributed by atoms with van der Waals surface area (Å²) in [6.45, 7) is 0.884. The zero-order chi connectivity index (χ0) is 10.6. The Kier molecular flexibility index (Phi) is 3.27. The van der Waals surface area contributed by atoms with Crippen LogP contribution in [-0.4, -0.2) is 22.4 Å². The van der Waals surface area contributed by atoms with E-state index in [9.17, 15) is 13.2 Å². The highest BCUT2D eigenvalue weighted by Gasteiger charge is 2.19. The van der Waals surface area contributed by atoms with Crippen molar-refractivity contribution in [2.45, 2.75) is 19.3 Å². The van der Waals surface area contributed by atoms with Crippen molar-refractivity contribution in [1.29, 1.82) is 0 Å². The Balaban J connectivity index is 2.35. The summed E-state index contributed by atoms with van der Waals surface area (Å²) in [7, 11) is 0. The smallest absolute Gasteiger partial charge is 0.247 e. The summed E-state index contributed by atoms with van der Waals surface area (Å²) < 4.78 is 37.0. The van der Waals surface area contributed by atoms with Gasteiger partial charge in [-0.15, -0.1) is 0 Å². The molecule has 0 saturated carbocycles. The van der Waals surface area contributed by atoms with Crippen molar-refractivity contribution >= 4 is 5.95 Å². The number of nitrogens with zero attached hydrogens (tertiary/aromatic N) is 2. The fourth-order valence-electron chi connectivity index (χ4n) is 0.797. The van der Waals surface area contributed by atoms with Gasteiger partial charge in [-0.25, -0.2) is 23.1 Å². The van der Waals surface area contributed by atoms with Crippen molar-refractivity contribution in [1.82, 2.24) is 9.97 Å². The van der Waals surface area contributed by atoms with Crippen molar-refractivity contribution in [2.24, 2.45) is 0 Å². The number of hydrogen-bond donors (Lipinski definition) is 1. The topological polar surface area (TPSA) is 37.8 Å². The van der Waals surface area contributed by atoms with E-state index >= 15 is 0 Å². The lowest BCUT2D eigenvalue weighted by Crippen LogP contribution is -2.16. The number of halogens is 3. The maximum atomic E-state index is 12.3. The fourth-order valence-corrected chi connectivity index (χ4v) is 0.797. The van der Waals surface area contributed by atoms with Gasteiger partial charge in [-0.05, 0) is 6.92 Å². The number of nitrogens with one attached hydrogen (secondary N) is 1. The lowest BCUT2D eigenvalue weighted by Gasteiger charge is -2.09. The number of rotatable bonds is 4. The molecule has 0 fully saturated rings. The molecule has 0 radical (unpaired) electrons. The minimum Gasteiger partial charge on any atom is -0.354 e. The van der Waals surface area contributed by atoms with Crippen LogP contribution < -0.4 is 5.32 Å². The van der Waals surface area contributed by atoms with Crippen LogP contribution in [-0.2, 0) is 0 Å². The molecule has 0 bridgehead atoms. The van der Waals surface area contributed by atoms with Crippen molar-refractivity contribution in [3.63, 3.8) is 0 Å². The molecule has 1 aromatic heterocycles. The summed E-state index contributed by atoms with van der Waals surface area (Å²) in [6.07, 6.45) is 1.63. The van der Waals surface area contributed by atoms with E-state index < -0.39 is 11.7 Å². The molecule has 0 aliphatic rings. The second-order valence-electron chi connectivity index (χ2n) is 2.97. The first-order chi connectivity index (χ1) is 6.47. The van der Waals surface area contributed by atoms with Gasteiger partial charge in [-0.1, -0.05) is 0 Å². The standard InChI is InChI=1S/C8H10F3N3/c1-8(10,11)2-3-12-7-13-4-6(9)5-14-7/h4-5H,2-3H2,1H3,(H,12,13,14). The lowest BCUT2D eigenvalue weighted by molar-refractivity contribution is 0.0166. The molecule has 1 aromatic rings. The van der Waals surface area contributed by atoms with Gasteiger partial charge >= 0.3 is 0 Å². The summed E-state index contributed by atoms with van der Waals surface area (Å²) in [5.74, 6) is -3.13. The van der Waals surface area contributed by atoms with Crippen molar-refractivity contribution < 1.29 is 13.2 Å². The molecule has 1 heterocycles. The second-order valence-corrected chi connectivity index (χ2v) is 2.97. The predicted octanol–water partition coefficient (Wildman–Crippen LogP) is 2.07. The summed E-state index contributed by atoms with van der Waals surface area (Å²) >= 11 is 0. The van der Waals surface area contributed by atoms with Gasteiger partial charge in [-0.2, -0.15) is 0 Å². The maximum Gasteiger partial charge on any atom is 0.247 e. The molecule has 6 heteroatoms. The molecule has 0 aliphatic heterocycles. The summed E-state index contributed by atoms with van der Waals surface area (Å²) in [5.41, 5.74) is 0. The average Bonchev–Trinajstić information content (AvgIpc) is 2.06. The lowest BCUT2D eigenvalue weighted by atomic mass is 10.3. The SMILES string of the molecule is CC(F)(F)CCNc1ncc(F)cn1. The van der Waals surface area contributed by atoms with E-state index in [0.717, 1.165) is 19.3 Å². The first-order valence-electron chi connectivity index (χ1n) is 4.07. The second kappa shape index (κ2) is 4.26. The molecule has 0 unspecified atom stereocenters. The van der Waals surface area contributed by atoms with Crippen LogP contribution in [0.25, 0.3) is 0 Å². The van der Waals surface area contributed by atoms with Gasteiger partial charge in [-0.3, -0.25) is 0 Å². The minimum absolute atomic E-state index is 0.0507. The van der Waals surface area contributed by atoms with Crippen LogP contribution in [0, 0.1) is 5.82 Å². The summed E-state index contributed by atoms with van der Waals surface area (Å²) in [5, 5.41) is 2.56. The number of hydrogen-bond acceptors (Lipinski definition) is 3. The third-order valence-corrected chi connectivity index (χ3v) is 1.47. The Labute approximate surface area is 79.4 Å². The zero-order valence-corrected chi connectivity index (χ0v) is 7.60. The molecule has 0 saturated heterocycles. The van der Waals surface area contributed by atoms with Crippen LogP contribution in [0.15, 0.2) is 12.4 Å². The quantitative estimate of drug-likeness (QED) is 0.817. The van der Waals surface area contributed by atoms with Crippen LogP contribution >= 0.6 is 0 Å². The van der Waals surface area contributed by atoms with Gasteiger partial charge in [0.15, 0.2) is 5.82 Å². The van der Waals surface area contributed by atoms with Gasteiger partial charge in [0, 0.05) is 13.0 Å². The van der Waals surface area contributed by atoms with Crippen LogP contribution in [0.3, 0.4) is 0 Å². The molecule has 0 aliphatic carbocycles. The van der Waals surface area contributed by atoms with Crippen molar-refractivity contribution in [3.05, 3.63) is 18.2 Å². The fraction of sp³-hybridized carbons (Fsp3) is 0.500. The molecular formula is C8H10F3N3. The van der Waals surface area contributed by atoms with Gasteiger partial charge in [0.25, 0.3) is 0 Å². The Morgan fingerprint density at radius 3 is 2.43 bits per heavy atom. The van der Waals surface area contributed by atoms with Crippen molar-refractivity contribution in [3.8, 4) is 0 Å². The highest BCUT2D eigenvalue weighted by atomic mass is 19.3.